The summed E-state index contributed by atoms with van der Waals surface area (Å²) in [6, 6.07) is 1.84. The Bertz CT molecular complexity index is 459. The van der Waals surface area contributed by atoms with E-state index in [1.165, 1.54) is 30.2 Å². The van der Waals surface area contributed by atoms with Crippen molar-refractivity contribution in [2.24, 2.45) is 0 Å². The van der Waals surface area contributed by atoms with Crippen LogP contribution < -0.4 is 4.90 Å². The van der Waals surface area contributed by atoms with Crippen molar-refractivity contribution in [1.29, 1.82) is 0 Å². The molecule has 1 aliphatic rings. The summed E-state index contributed by atoms with van der Waals surface area (Å²) in [5, 5.41) is 21.5. The number of nitrogens with zero attached hydrogens (tertiary/aromatic N) is 2. The maximum absolute atomic E-state index is 11.2. The van der Waals surface area contributed by atoms with E-state index in [4.69, 9.17) is 0 Å². The van der Waals surface area contributed by atoms with Gasteiger partial charge in [-0.15, -0.1) is 11.3 Å². The number of hydrogen-bond donors (Lipinski definition) is 1. The van der Waals surface area contributed by atoms with Gasteiger partial charge in [-0.2, -0.15) is 0 Å². The van der Waals surface area contributed by atoms with Crippen molar-refractivity contribution < 1.29 is 10.0 Å². The predicted molar refractivity (Wildman–Crippen MR) is 76.9 cm³/mol. The van der Waals surface area contributed by atoms with Crippen LogP contribution in [-0.4, -0.2) is 22.6 Å². The van der Waals surface area contributed by atoms with E-state index in [2.05, 4.69) is 11.8 Å². The number of aliphatic hydroxyl groups excluding tert-OH is 1. The third-order valence-electron chi connectivity index (χ3n) is 3.63. The highest BCUT2D eigenvalue weighted by atomic mass is 32.1. The van der Waals surface area contributed by atoms with Crippen molar-refractivity contribution in [2.45, 2.75) is 51.7 Å². The molecule has 1 fully saturated rings. The first-order valence-electron chi connectivity index (χ1n) is 6.73. The summed E-state index contributed by atoms with van der Waals surface area (Å²) in [7, 11) is 0. The zero-order valence-electron chi connectivity index (χ0n) is 11.3. The first-order chi connectivity index (χ1) is 9.00. The monoisotopic (exact) mass is 284 g/mol. The number of thiophene rings is 1. The molecule has 5 nitrogen and oxygen atoms in total. The predicted octanol–water partition coefficient (Wildman–Crippen LogP) is 3.48. The molecular formula is C13H20N2O3S. The van der Waals surface area contributed by atoms with Crippen molar-refractivity contribution >= 4 is 22.0 Å². The maximum atomic E-state index is 11.2. The summed E-state index contributed by atoms with van der Waals surface area (Å²) in [6.07, 6.45) is 3.85. The number of nitro groups is 1. The summed E-state index contributed by atoms with van der Waals surface area (Å²) in [5.41, 5.74) is 0.134. The smallest absolute Gasteiger partial charge is 0.304 e. The molecule has 106 valence electrons. The molecule has 0 aromatic carbocycles. The average molecular weight is 284 g/mol. The summed E-state index contributed by atoms with van der Waals surface area (Å²) in [5.74, 6) is 0. The Morgan fingerprint density at radius 1 is 1.53 bits per heavy atom. The fourth-order valence-corrected chi connectivity index (χ4v) is 3.70. The van der Waals surface area contributed by atoms with Crippen molar-refractivity contribution in [1.82, 2.24) is 0 Å². The summed E-state index contributed by atoms with van der Waals surface area (Å²) < 4.78 is 0. The van der Waals surface area contributed by atoms with E-state index in [1.54, 1.807) is 6.92 Å². The lowest BCUT2D eigenvalue weighted by atomic mass is 10.1. The van der Waals surface area contributed by atoms with Crippen LogP contribution >= 0.6 is 11.3 Å². The molecule has 0 aliphatic carbocycles. The lowest BCUT2D eigenvalue weighted by molar-refractivity contribution is -0.383. The molecule has 1 aromatic rings. The Morgan fingerprint density at radius 2 is 2.26 bits per heavy atom. The largest absolute Gasteiger partial charge is 0.388 e. The summed E-state index contributed by atoms with van der Waals surface area (Å²) in [4.78, 5) is 13.7. The minimum absolute atomic E-state index is 0.134. The van der Waals surface area contributed by atoms with Gasteiger partial charge in [-0.1, -0.05) is 12.8 Å². The molecule has 0 amide bonds. The van der Waals surface area contributed by atoms with Crippen LogP contribution in [0.25, 0.3) is 0 Å². The van der Waals surface area contributed by atoms with Crippen LogP contribution in [0, 0.1) is 10.1 Å². The average Bonchev–Trinajstić information content (AvgIpc) is 2.68. The second-order valence-corrected chi connectivity index (χ2v) is 6.23. The molecule has 2 atom stereocenters. The summed E-state index contributed by atoms with van der Waals surface area (Å²) in [6.45, 7) is 4.63. The first kappa shape index (κ1) is 14.3. The quantitative estimate of drug-likeness (QED) is 0.681. The van der Waals surface area contributed by atoms with Gasteiger partial charge in [0.25, 0.3) is 0 Å². The van der Waals surface area contributed by atoms with Gasteiger partial charge in [0.05, 0.1) is 11.0 Å². The third-order valence-corrected chi connectivity index (χ3v) is 4.97. The first-order valence-corrected chi connectivity index (χ1v) is 7.55. The molecule has 1 unspecified atom stereocenters. The van der Waals surface area contributed by atoms with Gasteiger partial charge in [-0.05, 0) is 26.7 Å². The van der Waals surface area contributed by atoms with Crippen LogP contribution in [0.4, 0.5) is 10.7 Å². The number of aliphatic hydroxyl groups is 1. The standard InChI is InChI=1S/C13H20N2O3S/c1-9-6-4-3-5-7-14(9)13-11(15(17)18)8-12(19-13)10(2)16/h8-10,16H,3-7H2,1-2H3/t9?,10-/m0/s1. The van der Waals surface area contributed by atoms with Gasteiger partial charge in [-0.3, -0.25) is 10.1 Å². The highest BCUT2D eigenvalue weighted by molar-refractivity contribution is 7.16. The molecule has 1 aliphatic heterocycles. The van der Waals surface area contributed by atoms with Crippen molar-refractivity contribution in [3.05, 3.63) is 21.1 Å². The van der Waals surface area contributed by atoms with Crippen LogP contribution in [0.3, 0.4) is 0 Å². The molecule has 2 rings (SSSR count). The highest BCUT2D eigenvalue weighted by Gasteiger charge is 2.28. The Hall–Kier alpha value is -1.14. The molecule has 1 saturated heterocycles. The zero-order valence-corrected chi connectivity index (χ0v) is 12.2. The molecular weight excluding hydrogens is 264 g/mol. The highest BCUT2D eigenvalue weighted by Crippen LogP contribution is 2.42. The Morgan fingerprint density at radius 3 is 2.89 bits per heavy atom. The van der Waals surface area contributed by atoms with E-state index in [0.29, 0.717) is 15.9 Å². The molecule has 0 spiro atoms. The maximum Gasteiger partial charge on any atom is 0.304 e. The molecule has 0 radical (unpaired) electrons. The van der Waals surface area contributed by atoms with E-state index in [-0.39, 0.29) is 10.6 Å². The molecule has 0 bridgehead atoms. The molecule has 0 saturated carbocycles. The lowest BCUT2D eigenvalue weighted by Gasteiger charge is -2.27. The van der Waals surface area contributed by atoms with Gasteiger partial charge >= 0.3 is 5.69 Å². The van der Waals surface area contributed by atoms with Gasteiger partial charge in [0.2, 0.25) is 0 Å². The number of rotatable bonds is 3. The number of hydrogen-bond acceptors (Lipinski definition) is 5. The number of anilines is 1. The van der Waals surface area contributed by atoms with Gasteiger partial charge in [-0.25, -0.2) is 0 Å². The van der Waals surface area contributed by atoms with Crippen molar-refractivity contribution in [3.63, 3.8) is 0 Å². The molecule has 1 N–H and O–H groups in total. The Kier molecular flexibility index (Phi) is 4.42. The van der Waals surface area contributed by atoms with E-state index in [0.717, 1.165) is 19.4 Å². The van der Waals surface area contributed by atoms with Crippen LogP contribution in [0.5, 0.6) is 0 Å². The second-order valence-electron chi connectivity index (χ2n) is 5.16. The Labute approximate surface area is 117 Å². The topological polar surface area (TPSA) is 66.6 Å². The van der Waals surface area contributed by atoms with Crippen LogP contribution in [-0.2, 0) is 0 Å². The molecule has 1 aromatic heterocycles. The molecule has 19 heavy (non-hydrogen) atoms. The minimum atomic E-state index is -0.653. The van der Waals surface area contributed by atoms with Crippen LogP contribution in [0.15, 0.2) is 6.07 Å². The normalized spacial score (nSPS) is 22.1. The fraction of sp³-hybridized carbons (Fsp3) is 0.692. The third kappa shape index (κ3) is 3.06. The van der Waals surface area contributed by atoms with Gasteiger partial charge in [0.15, 0.2) is 5.00 Å². The SMILES string of the molecule is CC1CCCCCN1c1sc([C@H](C)O)cc1[N+](=O)[O-]. The van der Waals surface area contributed by atoms with Crippen LogP contribution in [0.2, 0.25) is 0 Å². The van der Waals surface area contributed by atoms with Crippen molar-refractivity contribution in [3.8, 4) is 0 Å². The van der Waals surface area contributed by atoms with Gasteiger partial charge in [0, 0.05) is 23.5 Å². The second kappa shape index (κ2) is 5.88. The van der Waals surface area contributed by atoms with Gasteiger partial charge in [0.1, 0.15) is 0 Å². The summed E-state index contributed by atoms with van der Waals surface area (Å²) >= 11 is 1.35. The van der Waals surface area contributed by atoms with E-state index < -0.39 is 6.10 Å². The van der Waals surface area contributed by atoms with E-state index >= 15 is 0 Å². The molecule has 2 heterocycles. The van der Waals surface area contributed by atoms with Crippen molar-refractivity contribution in [2.75, 3.05) is 11.4 Å². The minimum Gasteiger partial charge on any atom is -0.388 e. The lowest BCUT2D eigenvalue weighted by Crippen LogP contribution is -2.32. The molecule has 6 heteroatoms. The van der Waals surface area contributed by atoms with E-state index in [1.807, 2.05) is 0 Å². The van der Waals surface area contributed by atoms with Gasteiger partial charge < -0.3 is 10.0 Å². The zero-order chi connectivity index (χ0) is 14.0. The Balaban J connectivity index is 2.38. The fourth-order valence-electron chi connectivity index (χ4n) is 2.51. The van der Waals surface area contributed by atoms with Crippen LogP contribution in [0.1, 0.15) is 50.5 Å². The van der Waals surface area contributed by atoms with E-state index in [9.17, 15) is 15.2 Å².